The summed E-state index contributed by atoms with van der Waals surface area (Å²) in [6.07, 6.45) is 1.51. The van der Waals surface area contributed by atoms with E-state index in [0.717, 1.165) is 15.9 Å². The molecule has 2 rings (SSSR count). The average Bonchev–Trinajstić information content (AvgIpc) is 2.43. The summed E-state index contributed by atoms with van der Waals surface area (Å²) in [5.41, 5.74) is 0.795. The number of nitrogens with zero attached hydrogens (tertiary/aromatic N) is 2. The van der Waals surface area contributed by atoms with Crippen molar-refractivity contribution in [2.45, 2.75) is 5.03 Å². The summed E-state index contributed by atoms with van der Waals surface area (Å²) in [5.74, 6) is 1.88. The summed E-state index contributed by atoms with van der Waals surface area (Å²) >= 11 is 1.49. The monoisotopic (exact) mass is 266 g/mol. The molecule has 1 aromatic heterocycles. The van der Waals surface area contributed by atoms with Crippen LogP contribution in [0.1, 0.15) is 0 Å². The van der Waals surface area contributed by atoms with Crippen LogP contribution in [0.5, 0.6) is 11.5 Å². The van der Waals surface area contributed by atoms with Crippen LogP contribution >= 0.6 is 11.8 Å². The lowest BCUT2D eigenvalue weighted by Gasteiger charge is -2.10. The fourth-order valence-electron chi connectivity index (χ4n) is 1.62. The van der Waals surface area contributed by atoms with Crippen molar-refractivity contribution in [3.05, 3.63) is 18.5 Å². The summed E-state index contributed by atoms with van der Waals surface area (Å²) < 4.78 is 10.5. The van der Waals surface area contributed by atoms with Crippen molar-refractivity contribution in [3.8, 4) is 11.5 Å². The maximum absolute atomic E-state index is 8.87. The van der Waals surface area contributed by atoms with Crippen LogP contribution in [0.25, 0.3) is 10.9 Å². The summed E-state index contributed by atoms with van der Waals surface area (Å²) in [6.45, 7) is 0.115. The van der Waals surface area contributed by atoms with E-state index in [0.29, 0.717) is 17.3 Å². The quantitative estimate of drug-likeness (QED) is 0.657. The van der Waals surface area contributed by atoms with Gasteiger partial charge in [-0.05, 0) is 6.07 Å². The molecule has 6 heteroatoms. The Morgan fingerprint density at radius 3 is 2.56 bits per heavy atom. The van der Waals surface area contributed by atoms with E-state index in [1.54, 1.807) is 14.2 Å². The van der Waals surface area contributed by atoms with Gasteiger partial charge in [-0.2, -0.15) is 0 Å². The SMILES string of the molecule is COc1cc2ncnc(SCCO)c2cc1OC. The lowest BCUT2D eigenvalue weighted by Crippen LogP contribution is -1.94. The third kappa shape index (κ3) is 2.49. The van der Waals surface area contributed by atoms with Crippen LogP contribution in [-0.2, 0) is 0 Å². The number of benzene rings is 1. The molecule has 2 aromatic rings. The molecule has 0 aliphatic heterocycles. The number of ether oxygens (including phenoxy) is 2. The molecule has 1 heterocycles. The van der Waals surface area contributed by atoms with Gasteiger partial charge in [0, 0.05) is 17.2 Å². The van der Waals surface area contributed by atoms with Gasteiger partial charge < -0.3 is 14.6 Å². The summed E-state index contributed by atoms with van der Waals surface area (Å²) in [4.78, 5) is 8.43. The number of aromatic nitrogens is 2. The van der Waals surface area contributed by atoms with E-state index >= 15 is 0 Å². The van der Waals surface area contributed by atoms with E-state index in [-0.39, 0.29) is 6.61 Å². The highest BCUT2D eigenvalue weighted by Crippen LogP contribution is 2.34. The molecule has 0 spiro atoms. The number of rotatable bonds is 5. The molecule has 0 aliphatic carbocycles. The highest BCUT2D eigenvalue weighted by molar-refractivity contribution is 7.99. The fraction of sp³-hybridized carbons (Fsp3) is 0.333. The first-order valence-corrected chi connectivity index (χ1v) is 6.39. The Morgan fingerprint density at radius 2 is 1.89 bits per heavy atom. The van der Waals surface area contributed by atoms with E-state index in [9.17, 15) is 0 Å². The Balaban J connectivity index is 2.54. The average molecular weight is 266 g/mol. The minimum atomic E-state index is 0.115. The summed E-state index contributed by atoms with van der Waals surface area (Å²) in [5, 5.41) is 10.6. The van der Waals surface area contributed by atoms with Gasteiger partial charge >= 0.3 is 0 Å². The number of aliphatic hydroxyl groups is 1. The highest BCUT2D eigenvalue weighted by Gasteiger charge is 2.10. The number of hydrogen-bond acceptors (Lipinski definition) is 6. The smallest absolute Gasteiger partial charge is 0.162 e. The van der Waals surface area contributed by atoms with E-state index in [2.05, 4.69) is 9.97 Å². The molecule has 0 bridgehead atoms. The predicted molar refractivity (Wildman–Crippen MR) is 70.5 cm³/mol. The second-order valence-corrected chi connectivity index (χ2v) is 4.56. The van der Waals surface area contributed by atoms with Gasteiger partial charge in [-0.15, -0.1) is 11.8 Å². The first-order chi connectivity index (χ1) is 8.80. The van der Waals surface area contributed by atoms with Gasteiger partial charge in [0.2, 0.25) is 0 Å². The second kappa shape index (κ2) is 5.88. The second-order valence-electron chi connectivity index (χ2n) is 3.48. The van der Waals surface area contributed by atoms with Gasteiger partial charge in [0.05, 0.1) is 26.3 Å². The molecule has 1 aromatic carbocycles. The zero-order valence-electron chi connectivity index (χ0n) is 10.2. The number of fused-ring (bicyclic) bond motifs is 1. The van der Waals surface area contributed by atoms with Crippen molar-refractivity contribution >= 4 is 22.7 Å². The molecule has 0 saturated carbocycles. The van der Waals surface area contributed by atoms with Crippen LogP contribution in [0.3, 0.4) is 0 Å². The summed E-state index contributed by atoms with van der Waals surface area (Å²) in [6, 6.07) is 3.67. The number of aliphatic hydroxyl groups excluding tert-OH is 1. The third-order valence-corrected chi connectivity index (χ3v) is 3.42. The third-order valence-electron chi connectivity index (χ3n) is 2.43. The lowest BCUT2D eigenvalue weighted by atomic mass is 10.2. The van der Waals surface area contributed by atoms with E-state index in [1.807, 2.05) is 12.1 Å². The van der Waals surface area contributed by atoms with Crippen molar-refractivity contribution in [1.29, 1.82) is 0 Å². The molecule has 0 saturated heterocycles. The fourth-order valence-corrected chi connectivity index (χ4v) is 2.34. The molecule has 0 amide bonds. The molecule has 0 unspecified atom stereocenters. The van der Waals surface area contributed by atoms with Crippen molar-refractivity contribution in [3.63, 3.8) is 0 Å². The van der Waals surface area contributed by atoms with Crippen LogP contribution in [-0.4, -0.2) is 41.7 Å². The first kappa shape index (κ1) is 12.9. The van der Waals surface area contributed by atoms with E-state index in [4.69, 9.17) is 14.6 Å². The normalized spacial score (nSPS) is 10.6. The number of thioether (sulfide) groups is 1. The van der Waals surface area contributed by atoms with E-state index < -0.39 is 0 Å². The molecule has 0 atom stereocenters. The zero-order chi connectivity index (χ0) is 13.0. The van der Waals surface area contributed by atoms with Crippen molar-refractivity contribution in [2.75, 3.05) is 26.6 Å². The van der Waals surface area contributed by atoms with Crippen LogP contribution in [0.2, 0.25) is 0 Å². The van der Waals surface area contributed by atoms with Crippen LogP contribution < -0.4 is 9.47 Å². The topological polar surface area (TPSA) is 64.5 Å². The molecule has 0 radical (unpaired) electrons. The number of hydrogen-bond donors (Lipinski definition) is 1. The predicted octanol–water partition coefficient (Wildman–Crippen LogP) is 1.73. The van der Waals surface area contributed by atoms with Crippen LogP contribution in [0, 0.1) is 0 Å². The molecular formula is C12H14N2O3S. The molecule has 1 N–H and O–H groups in total. The van der Waals surface area contributed by atoms with Crippen LogP contribution in [0.15, 0.2) is 23.5 Å². The Morgan fingerprint density at radius 1 is 1.17 bits per heavy atom. The molecule has 96 valence electrons. The minimum Gasteiger partial charge on any atom is -0.493 e. The first-order valence-electron chi connectivity index (χ1n) is 5.40. The van der Waals surface area contributed by atoms with Gasteiger partial charge in [0.25, 0.3) is 0 Å². The Hall–Kier alpha value is -1.53. The molecular weight excluding hydrogens is 252 g/mol. The van der Waals surface area contributed by atoms with Crippen molar-refractivity contribution < 1.29 is 14.6 Å². The Labute approximate surface area is 109 Å². The maximum Gasteiger partial charge on any atom is 0.162 e. The summed E-state index contributed by atoms with van der Waals surface area (Å²) in [7, 11) is 3.18. The van der Waals surface area contributed by atoms with Gasteiger partial charge in [-0.25, -0.2) is 9.97 Å². The molecule has 18 heavy (non-hydrogen) atoms. The van der Waals surface area contributed by atoms with Gasteiger partial charge in [0.15, 0.2) is 11.5 Å². The van der Waals surface area contributed by atoms with Crippen molar-refractivity contribution in [1.82, 2.24) is 9.97 Å². The maximum atomic E-state index is 8.87. The number of methoxy groups -OCH3 is 2. The highest BCUT2D eigenvalue weighted by atomic mass is 32.2. The van der Waals surface area contributed by atoms with Gasteiger partial charge in [-0.1, -0.05) is 0 Å². The molecule has 0 aliphatic rings. The molecule has 0 fully saturated rings. The molecule has 5 nitrogen and oxygen atoms in total. The standard InChI is InChI=1S/C12H14N2O3S/c1-16-10-5-8-9(6-11(10)17-2)13-7-14-12(8)18-4-3-15/h5-7,15H,3-4H2,1-2H3. The minimum absolute atomic E-state index is 0.115. The van der Waals surface area contributed by atoms with E-state index in [1.165, 1.54) is 18.1 Å². The Bertz CT molecular complexity index is 548. The Kier molecular flexibility index (Phi) is 4.22. The largest absolute Gasteiger partial charge is 0.493 e. The van der Waals surface area contributed by atoms with Crippen molar-refractivity contribution in [2.24, 2.45) is 0 Å². The van der Waals surface area contributed by atoms with Crippen LogP contribution in [0.4, 0.5) is 0 Å². The lowest BCUT2D eigenvalue weighted by molar-refractivity contribution is 0.322. The van der Waals surface area contributed by atoms with Gasteiger partial charge in [-0.3, -0.25) is 0 Å². The van der Waals surface area contributed by atoms with Gasteiger partial charge in [0.1, 0.15) is 11.4 Å². The zero-order valence-corrected chi connectivity index (χ0v) is 11.0.